The Balaban J connectivity index is 3.75. The van der Waals surface area contributed by atoms with Crippen molar-refractivity contribution in [1.82, 2.24) is 0 Å². The van der Waals surface area contributed by atoms with Gasteiger partial charge < -0.3 is 29.5 Å². The molecule has 0 bridgehead atoms. The highest BCUT2D eigenvalue weighted by Gasteiger charge is 2.61. The summed E-state index contributed by atoms with van der Waals surface area (Å²) in [5.74, 6) is -5.12. The van der Waals surface area contributed by atoms with Crippen LogP contribution >= 0.6 is 0 Å². The molecule has 1 aliphatic carbocycles. The molecular weight excluding hydrogens is 520 g/mol. The van der Waals surface area contributed by atoms with E-state index in [1.807, 2.05) is 0 Å². The molecule has 0 aliphatic heterocycles. The molecule has 0 saturated heterocycles. The standard InChI is InChI=1S/C30H42O10/c1-11-16(6)27(34)38-21(14-20(31)15(4)5)19(9)22-23(32)26(40-29(36)18(8)13-3)30(10,37)25(33)24(22)39-28(35)17(7)12-2/h11-13,20-24,26,31-32,37H,4,9,14H2,1-3,5-8,10H3/b16-11-,17-12-,18-13-/t20-,21+,22+,23+,24-,26+,30+/m1/s1. The maximum atomic E-state index is 13.6. The first-order valence-corrected chi connectivity index (χ1v) is 12.9. The molecule has 40 heavy (non-hydrogen) atoms. The summed E-state index contributed by atoms with van der Waals surface area (Å²) in [4.78, 5) is 51.7. The average Bonchev–Trinajstić information content (AvgIpc) is 2.91. The number of aliphatic hydroxyl groups is 3. The van der Waals surface area contributed by atoms with Gasteiger partial charge in [0, 0.05) is 23.1 Å². The molecule has 1 rings (SSSR count). The Hall–Kier alpha value is -3.34. The van der Waals surface area contributed by atoms with E-state index in [0.29, 0.717) is 5.57 Å². The fourth-order valence-corrected chi connectivity index (χ4v) is 3.90. The summed E-state index contributed by atoms with van der Waals surface area (Å²) in [5, 5.41) is 33.2. The molecule has 0 spiro atoms. The van der Waals surface area contributed by atoms with Crippen molar-refractivity contribution in [2.45, 2.75) is 97.9 Å². The predicted octanol–water partition coefficient (Wildman–Crippen LogP) is 2.81. The van der Waals surface area contributed by atoms with Crippen molar-refractivity contribution >= 4 is 23.7 Å². The quantitative estimate of drug-likeness (QED) is 0.148. The molecule has 0 heterocycles. The number of esters is 3. The van der Waals surface area contributed by atoms with Crippen molar-refractivity contribution in [1.29, 1.82) is 0 Å². The molecule has 10 heteroatoms. The molecule has 0 amide bonds. The minimum atomic E-state index is -2.47. The van der Waals surface area contributed by atoms with Gasteiger partial charge in [0.1, 0.15) is 12.2 Å². The number of ketones is 1. The van der Waals surface area contributed by atoms with Crippen molar-refractivity contribution in [2.24, 2.45) is 5.92 Å². The molecule has 1 aliphatic rings. The van der Waals surface area contributed by atoms with Gasteiger partial charge in [-0.25, -0.2) is 14.4 Å². The smallest absolute Gasteiger partial charge is 0.334 e. The summed E-state index contributed by atoms with van der Waals surface area (Å²) < 4.78 is 16.5. The predicted molar refractivity (Wildman–Crippen MR) is 148 cm³/mol. The Morgan fingerprint density at radius 1 is 0.925 bits per heavy atom. The van der Waals surface area contributed by atoms with E-state index in [2.05, 4.69) is 13.2 Å². The summed E-state index contributed by atoms with van der Waals surface area (Å²) in [7, 11) is 0. The van der Waals surface area contributed by atoms with Crippen LogP contribution in [0.2, 0.25) is 0 Å². The molecule has 0 radical (unpaired) electrons. The third kappa shape index (κ3) is 7.87. The van der Waals surface area contributed by atoms with Gasteiger partial charge in [-0.1, -0.05) is 37.0 Å². The van der Waals surface area contributed by atoms with Crippen LogP contribution in [0.25, 0.3) is 0 Å². The number of hydrogen-bond acceptors (Lipinski definition) is 10. The number of aliphatic hydroxyl groups excluding tert-OH is 2. The number of Topliss-reactive ketones (excluding diaryl/α,β-unsaturated/α-hetero) is 1. The van der Waals surface area contributed by atoms with Gasteiger partial charge in [-0.3, -0.25) is 4.79 Å². The van der Waals surface area contributed by atoms with Crippen LogP contribution in [-0.2, 0) is 33.4 Å². The van der Waals surface area contributed by atoms with Crippen molar-refractivity contribution < 1.29 is 48.7 Å². The van der Waals surface area contributed by atoms with Crippen molar-refractivity contribution in [2.75, 3.05) is 0 Å². The lowest BCUT2D eigenvalue weighted by Gasteiger charge is -2.47. The largest absolute Gasteiger partial charge is 0.454 e. The average molecular weight is 563 g/mol. The Kier molecular flexibility index (Phi) is 12.4. The number of rotatable bonds is 11. The van der Waals surface area contributed by atoms with E-state index in [1.54, 1.807) is 27.7 Å². The molecule has 10 nitrogen and oxygen atoms in total. The summed E-state index contributed by atoms with van der Waals surface area (Å²) >= 11 is 0. The number of allylic oxidation sites excluding steroid dienone is 3. The highest BCUT2D eigenvalue weighted by Crippen LogP contribution is 2.40. The summed E-state index contributed by atoms with van der Waals surface area (Å²) in [6.45, 7) is 19.5. The number of carbonyl (C=O) groups excluding carboxylic acids is 4. The number of hydrogen-bond donors (Lipinski definition) is 3. The van der Waals surface area contributed by atoms with Gasteiger partial charge in [0.2, 0.25) is 5.78 Å². The fourth-order valence-electron chi connectivity index (χ4n) is 3.90. The molecule has 3 N–H and O–H groups in total. The van der Waals surface area contributed by atoms with Gasteiger partial charge in [0.15, 0.2) is 17.8 Å². The van der Waals surface area contributed by atoms with E-state index >= 15 is 0 Å². The summed E-state index contributed by atoms with van der Waals surface area (Å²) in [6, 6.07) is 0. The lowest BCUT2D eigenvalue weighted by atomic mass is 9.68. The third-order valence-corrected chi connectivity index (χ3v) is 7.15. The molecule has 7 atom stereocenters. The lowest BCUT2D eigenvalue weighted by molar-refractivity contribution is -0.210. The monoisotopic (exact) mass is 562 g/mol. The summed E-state index contributed by atoms with van der Waals surface area (Å²) in [6.07, 6.45) is -3.76. The molecule has 0 aromatic rings. The maximum absolute atomic E-state index is 13.6. The topological polar surface area (TPSA) is 157 Å². The van der Waals surface area contributed by atoms with Crippen LogP contribution in [-0.4, -0.2) is 75.1 Å². The van der Waals surface area contributed by atoms with Gasteiger partial charge in [0.05, 0.1) is 12.0 Å². The van der Waals surface area contributed by atoms with Gasteiger partial charge >= 0.3 is 17.9 Å². The van der Waals surface area contributed by atoms with Gasteiger partial charge in [0.25, 0.3) is 0 Å². The van der Waals surface area contributed by atoms with Gasteiger partial charge in [-0.05, 0) is 61.0 Å². The van der Waals surface area contributed by atoms with Crippen molar-refractivity contribution in [3.05, 3.63) is 59.3 Å². The van der Waals surface area contributed by atoms with E-state index in [4.69, 9.17) is 14.2 Å². The number of ether oxygens (including phenoxy) is 3. The van der Waals surface area contributed by atoms with Crippen LogP contribution in [0.1, 0.15) is 61.8 Å². The number of carbonyl (C=O) groups is 4. The molecule has 0 aromatic heterocycles. The van der Waals surface area contributed by atoms with E-state index in [0.717, 1.165) is 6.92 Å². The molecule has 0 unspecified atom stereocenters. The van der Waals surface area contributed by atoms with Crippen LogP contribution in [0.3, 0.4) is 0 Å². The van der Waals surface area contributed by atoms with Gasteiger partial charge in [-0.15, -0.1) is 0 Å². The van der Waals surface area contributed by atoms with Crippen LogP contribution in [0.5, 0.6) is 0 Å². The second-order valence-corrected chi connectivity index (χ2v) is 10.2. The molecule has 1 saturated carbocycles. The Morgan fingerprint density at radius 2 is 1.38 bits per heavy atom. The SMILES string of the molecule is C=C(C)[C@H](O)C[C@H](OC(=O)/C(C)=C\C)C(=C)[C@H]1[C@H](O)[C@H](OC(=O)/C(C)=C\C)[C@@](C)(O)C(=O)[C@@H]1OC(=O)/C(C)=C\C. The van der Waals surface area contributed by atoms with E-state index in [1.165, 1.54) is 39.0 Å². The molecule has 1 fully saturated rings. The third-order valence-electron chi connectivity index (χ3n) is 7.15. The highest BCUT2D eigenvalue weighted by molar-refractivity contribution is 5.97. The first-order valence-electron chi connectivity index (χ1n) is 12.9. The molecule has 0 aromatic carbocycles. The van der Waals surface area contributed by atoms with Crippen LogP contribution in [0.15, 0.2) is 59.3 Å². The van der Waals surface area contributed by atoms with Crippen LogP contribution in [0.4, 0.5) is 0 Å². The Labute approximate surface area is 235 Å². The van der Waals surface area contributed by atoms with E-state index in [9.17, 15) is 34.5 Å². The Bertz CT molecular complexity index is 1120. The van der Waals surface area contributed by atoms with Crippen molar-refractivity contribution in [3.63, 3.8) is 0 Å². The van der Waals surface area contributed by atoms with Gasteiger partial charge in [-0.2, -0.15) is 0 Å². The lowest BCUT2D eigenvalue weighted by Crippen LogP contribution is -2.68. The maximum Gasteiger partial charge on any atom is 0.334 e. The second kappa shape index (κ2) is 14.3. The van der Waals surface area contributed by atoms with Crippen LogP contribution < -0.4 is 0 Å². The highest BCUT2D eigenvalue weighted by atomic mass is 16.6. The minimum Gasteiger partial charge on any atom is -0.454 e. The minimum absolute atomic E-state index is 0.103. The molecular formula is C30H42O10. The zero-order valence-corrected chi connectivity index (χ0v) is 24.5. The zero-order chi connectivity index (χ0) is 31.1. The zero-order valence-electron chi connectivity index (χ0n) is 24.5. The first kappa shape index (κ1) is 34.7. The normalized spacial score (nSPS) is 27.4. The fraction of sp³-hybridized carbons (Fsp3) is 0.533. The van der Waals surface area contributed by atoms with E-state index in [-0.39, 0.29) is 28.7 Å². The summed E-state index contributed by atoms with van der Waals surface area (Å²) in [5.41, 5.74) is -1.69. The van der Waals surface area contributed by atoms with Crippen LogP contribution in [0, 0.1) is 5.92 Å². The molecule has 222 valence electrons. The first-order chi connectivity index (χ1) is 18.5. The van der Waals surface area contributed by atoms with E-state index < -0.39 is 65.7 Å². The second-order valence-electron chi connectivity index (χ2n) is 10.2. The Morgan fingerprint density at radius 3 is 1.82 bits per heavy atom. The van der Waals surface area contributed by atoms with Crippen molar-refractivity contribution in [3.8, 4) is 0 Å².